The summed E-state index contributed by atoms with van der Waals surface area (Å²) in [6.45, 7) is 7.66. The average Bonchev–Trinajstić information content (AvgIpc) is 2.82. The van der Waals surface area contributed by atoms with Gasteiger partial charge in [0.1, 0.15) is 12.0 Å². The number of nitrogens with zero attached hydrogens (tertiary/aromatic N) is 4. The van der Waals surface area contributed by atoms with E-state index in [4.69, 9.17) is 10.5 Å². The molecule has 0 radical (unpaired) electrons. The van der Waals surface area contributed by atoms with Crippen molar-refractivity contribution in [1.82, 2.24) is 9.97 Å². The van der Waals surface area contributed by atoms with Gasteiger partial charge in [0.15, 0.2) is 11.6 Å². The molecule has 32 heavy (non-hydrogen) atoms. The van der Waals surface area contributed by atoms with Crippen molar-refractivity contribution in [2.75, 3.05) is 54.1 Å². The molecule has 1 aromatic heterocycles. The number of rotatable bonds is 5. The van der Waals surface area contributed by atoms with E-state index in [1.165, 1.54) is 30.3 Å². The normalized spacial score (nSPS) is 13.7. The van der Waals surface area contributed by atoms with Gasteiger partial charge < -0.3 is 25.6 Å². The van der Waals surface area contributed by atoms with Gasteiger partial charge in [0.25, 0.3) is 0 Å². The molecule has 3 aromatic rings. The molecule has 0 spiro atoms. The molecule has 2 aromatic carbocycles. The number of aryl methyl sites for hydroxylation is 1. The maximum absolute atomic E-state index is 12.1. The lowest BCUT2D eigenvalue weighted by Gasteiger charge is -2.38. The zero-order valence-corrected chi connectivity index (χ0v) is 18.6. The second-order valence-electron chi connectivity index (χ2n) is 7.81. The Labute approximate surface area is 188 Å². The number of benzene rings is 2. The first-order valence-electron chi connectivity index (χ1n) is 10.6. The lowest BCUT2D eigenvalue weighted by molar-refractivity contribution is 0.0602. The number of anilines is 5. The quantitative estimate of drug-likeness (QED) is 0.591. The number of hydrogen-bond donors (Lipinski definition) is 2. The summed E-state index contributed by atoms with van der Waals surface area (Å²) >= 11 is 0. The van der Waals surface area contributed by atoms with Crippen LogP contribution >= 0.6 is 0 Å². The molecule has 166 valence electrons. The zero-order valence-electron chi connectivity index (χ0n) is 18.6. The third-order valence-corrected chi connectivity index (χ3v) is 5.94. The highest BCUT2D eigenvalue weighted by Crippen LogP contribution is 2.31. The summed E-state index contributed by atoms with van der Waals surface area (Å²) in [6.07, 6.45) is 1.49. The van der Waals surface area contributed by atoms with E-state index >= 15 is 0 Å². The van der Waals surface area contributed by atoms with E-state index in [2.05, 4.69) is 57.1 Å². The number of esters is 1. The van der Waals surface area contributed by atoms with E-state index in [9.17, 15) is 4.79 Å². The number of para-hydroxylation sites is 1. The largest absolute Gasteiger partial charge is 0.465 e. The molecule has 0 bridgehead atoms. The molecule has 1 aliphatic rings. The second-order valence-corrected chi connectivity index (χ2v) is 7.81. The summed E-state index contributed by atoms with van der Waals surface area (Å²) < 4.78 is 4.87. The van der Waals surface area contributed by atoms with Crippen molar-refractivity contribution in [3.63, 3.8) is 0 Å². The molecule has 3 N–H and O–H groups in total. The first-order valence-corrected chi connectivity index (χ1v) is 10.6. The predicted octanol–water partition coefficient (Wildman–Crippen LogP) is 3.53. The van der Waals surface area contributed by atoms with E-state index in [1.54, 1.807) is 18.2 Å². The van der Waals surface area contributed by atoms with Gasteiger partial charge >= 0.3 is 5.97 Å². The molecule has 0 saturated carbocycles. The maximum atomic E-state index is 12.1. The van der Waals surface area contributed by atoms with Crippen LogP contribution in [0.15, 0.2) is 48.8 Å². The number of piperazine rings is 1. The fourth-order valence-electron chi connectivity index (χ4n) is 3.98. The fraction of sp³-hybridized carbons (Fsp3) is 0.292. The van der Waals surface area contributed by atoms with Crippen LogP contribution in [0.25, 0.3) is 0 Å². The lowest BCUT2D eigenvalue weighted by atomic mass is 10.1. The van der Waals surface area contributed by atoms with Gasteiger partial charge in [-0.2, -0.15) is 0 Å². The number of methoxy groups -OCH3 is 1. The summed E-state index contributed by atoms with van der Waals surface area (Å²) in [5.41, 5.74) is 11.8. The second kappa shape index (κ2) is 9.13. The van der Waals surface area contributed by atoms with Gasteiger partial charge in [0, 0.05) is 31.9 Å². The number of hydrogen-bond acceptors (Lipinski definition) is 8. The van der Waals surface area contributed by atoms with Gasteiger partial charge in [-0.25, -0.2) is 14.8 Å². The minimum atomic E-state index is -0.427. The van der Waals surface area contributed by atoms with Crippen LogP contribution < -0.4 is 20.9 Å². The standard InChI is InChI=1S/C24H28N6O2/c1-16-7-6-10-20(17(16)2)29-11-13-30(14-12-29)23-21(25)22(26-15-27-23)28-19-9-5-4-8-18(19)24(31)32-3/h4-10,15H,11-14,25H2,1-3H3,(H,26,27,28). The Hall–Kier alpha value is -3.81. The van der Waals surface area contributed by atoms with Gasteiger partial charge in [-0.3, -0.25) is 0 Å². The first-order chi connectivity index (χ1) is 15.5. The molecule has 0 atom stereocenters. The number of carbonyl (C=O) groups is 1. The van der Waals surface area contributed by atoms with E-state index in [1.807, 2.05) is 6.07 Å². The molecule has 8 nitrogen and oxygen atoms in total. The summed E-state index contributed by atoms with van der Waals surface area (Å²) in [7, 11) is 1.36. The Balaban J connectivity index is 1.52. The first kappa shape index (κ1) is 21.4. The lowest BCUT2D eigenvalue weighted by Crippen LogP contribution is -2.47. The van der Waals surface area contributed by atoms with Crippen LogP contribution in [-0.2, 0) is 4.74 Å². The van der Waals surface area contributed by atoms with Crippen LogP contribution in [-0.4, -0.2) is 49.2 Å². The number of nitrogens with two attached hydrogens (primary N) is 1. The van der Waals surface area contributed by atoms with Crippen molar-refractivity contribution in [3.8, 4) is 0 Å². The van der Waals surface area contributed by atoms with E-state index in [0.717, 1.165) is 26.2 Å². The van der Waals surface area contributed by atoms with Gasteiger partial charge in [-0.15, -0.1) is 0 Å². The highest BCUT2D eigenvalue weighted by atomic mass is 16.5. The third kappa shape index (κ3) is 4.16. The van der Waals surface area contributed by atoms with Gasteiger partial charge in [0.05, 0.1) is 18.4 Å². The molecule has 1 aliphatic heterocycles. The molecular formula is C24H28N6O2. The Morgan fingerprint density at radius 3 is 2.47 bits per heavy atom. The number of ether oxygens (including phenoxy) is 1. The van der Waals surface area contributed by atoms with E-state index < -0.39 is 5.97 Å². The minimum Gasteiger partial charge on any atom is -0.465 e. The van der Waals surface area contributed by atoms with Crippen molar-refractivity contribution in [2.45, 2.75) is 13.8 Å². The van der Waals surface area contributed by atoms with E-state index in [-0.39, 0.29) is 0 Å². The molecule has 4 rings (SSSR count). The van der Waals surface area contributed by atoms with Crippen LogP contribution in [0.2, 0.25) is 0 Å². The minimum absolute atomic E-state index is 0.414. The van der Waals surface area contributed by atoms with Crippen LogP contribution in [0.5, 0.6) is 0 Å². The summed E-state index contributed by atoms with van der Waals surface area (Å²) in [5, 5.41) is 3.17. The van der Waals surface area contributed by atoms with Crippen molar-refractivity contribution < 1.29 is 9.53 Å². The zero-order chi connectivity index (χ0) is 22.7. The molecule has 0 aliphatic carbocycles. The molecule has 2 heterocycles. The van der Waals surface area contributed by atoms with Crippen molar-refractivity contribution in [3.05, 3.63) is 65.5 Å². The molecule has 1 saturated heterocycles. The Kier molecular flexibility index (Phi) is 6.11. The van der Waals surface area contributed by atoms with Crippen molar-refractivity contribution in [2.24, 2.45) is 0 Å². The summed E-state index contributed by atoms with van der Waals surface area (Å²) in [4.78, 5) is 25.4. The van der Waals surface area contributed by atoms with Gasteiger partial charge in [-0.1, -0.05) is 24.3 Å². The van der Waals surface area contributed by atoms with Crippen LogP contribution in [0.4, 0.5) is 28.7 Å². The Morgan fingerprint density at radius 2 is 1.72 bits per heavy atom. The maximum Gasteiger partial charge on any atom is 0.339 e. The Bertz CT molecular complexity index is 1130. The van der Waals surface area contributed by atoms with Crippen LogP contribution in [0, 0.1) is 13.8 Å². The molecule has 8 heteroatoms. The highest BCUT2D eigenvalue weighted by Gasteiger charge is 2.23. The van der Waals surface area contributed by atoms with E-state index in [0.29, 0.717) is 28.6 Å². The molecule has 1 fully saturated rings. The predicted molar refractivity (Wildman–Crippen MR) is 128 cm³/mol. The highest BCUT2D eigenvalue weighted by molar-refractivity contribution is 5.97. The van der Waals surface area contributed by atoms with Crippen molar-refractivity contribution >= 4 is 34.7 Å². The average molecular weight is 433 g/mol. The third-order valence-electron chi connectivity index (χ3n) is 5.94. The van der Waals surface area contributed by atoms with Gasteiger partial charge in [-0.05, 0) is 43.2 Å². The monoisotopic (exact) mass is 432 g/mol. The Morgan fingerprint density at radius 1 is 1.00 bits per heavy atom. The van der Waals surface area contributed by atoms with Crippen LogP contribution in [0.3, 0.4) is 0 Å². The van der Waals surface area contributed by atoms with Crippen LogP contribution in [0.1, 0.15) is 21.5 Å². The summed E-state index contributed by atoms with van der Waals surface area (Å²) in [6, 6.07) is 13.5. The smallest absolute Gasteiger partial charge is 0.339 e. The SMILES string of the molecule is COC(=O)c1ccccc1Nc1ncnc(N2CCN(c3cccc(C)c3C)CC2)c1N. The van der Waals surface area contributed by atoms with Gasteiger partial charge in [0.2, 0.25) is 0 Å². The molecular weight excluding hydrogens is 404 g/mol. The number of nitrogens with one attached hydrogen (secondary N) is 1. The number of carbonyl (C=O) groups excluding carboxylic acids is 1. The molecule has 0 unspecified atom stereocenters. The van der Waals surface area contributed by atoms with Crippen molar-refractivity contribution in [1.29, 1.82) is 0 Å². The number of aromatic nitrogens is 2. The summed E-state index contributed by atoms with van der Waals surface area (Å²) in [5.74, 6) is 0.727. The molecule has 0 amide bonds. The number of nitrogen functional groups attached to an aromatic ring is 1. The topological polar surface area (TPSA) is 96.6 Å². The fourth-order valence-corrected chi connectivity index (χ4v) is 3.98.